The van der Waals surface area contributed by atoms with Crippen molar-refractivity contribution in [2.24, 2.45) is 11.7 Å². The fraction of sp³-hybridized carbons (Fsp3) is 0.385. The van der Waals surface area contributed by atoms with Crippen molar-refractivity contribution < 1.29 is 14.0 Å². The number of carbonyl (C=O) groups excluding carboxylic acids is 2. The highest BCUT2D eigenvalue weighted by molar-refractivity contribution is 6.03. The third-order valence-corrected chi connectivity index (χ3v) is 3.19. The van der Waals surface area contributed by atoms with Crippen molar-refractivity contribution in [3.63, 3.8) is 0 Å². The van der Waals surface area contributed by atoms with Gasteiger partial charge in [-0.25, -0.2) is 4.39 Å². The predicted octanol–water partition coefficient (Wildman–Crippen LogP) is 1.18. The summed E-state index contributed by atoms with van der Waals surface area (Å²) in [6.45, 7) is 2.09. The van der Waals surface area contributed by atoms with Crippen LogP contribution >= 0.6 is 0 Å². The highest BCUT2D eigenvalue weighted by Crippen LogP contribution is 2.22. The second kappa shape index (κ2) is 4.86. The van der Waals surface area contributed by atoms with Crippen molar-refractivity contribution in [2.75, 3.05) is 0 Å². The van der Waals surface area contributed by atoms with Gasteiger partial charge in [-0.05, 0) is 23.3 Å². The second-order valence-corrected chi connectivity index (χ2v) is 4.54. The van der Waals surface area contributed by atoms with E-state index < -0.39 is 0 Å². The van der Waals surface area contributed by atoms with E-state index in [1.165, 1.54) is 17.0 Å². The van der Waals surface area contributed by atoms with E-state index in [9.17, 15) is 14.0 Å². The van der Waals surface area contributed by atoms with E-state index in [-0.39, 0.29) is 43.1 Å². The summed E-state index contributed by atoms with van der Waals surface area (Å²) >= 11 is 0. The summed E-state index contributed by atoms with van der Waals surface area (Å²) in [5.41, 5.74) is 6.87. The van der Waals surface area contributed by atoms with Crippen molar-refractivity contribution in [1.29, 1.82) is 0 Å². The van der Waals surface area contributed by atoms with Gasteiger partial charge in [-0.2, -0.15) is 0 Å². The third-order valence-electron chi connectivity index (χ3n) is 3.19. The molecular formula is C13H15FN2O2. The molecule has 1 aliphatic rings. The van der Waals surface area contributed by atoms with Crippen LogP contribution in [-0.2, 0) is 22.7 Å². The zero-order valence-corrected chi connectivity index (χ0v) is 10.1. The Morgan fingerprint density at radius 3 is 2.67 bits per heavy atom. The monoisotopic (exact) mass is 250 g/mol. The second-order valence-electron chi connectivity index (χ2n) is 4.54. The molecule has 18 heavy (non-hydrogen) atoms. The summed E-state index contributed by atoms with van der Waals surface area (Å²) in [4.78, 5) is 24.7. The predicted molar refractivity (Wildman–Crippen MR) is 63.6 cm³/mol. The van der Waals surface area contributed by atoms with Gasteiger partial charge in [0.1, 0.15) is 5.82 Å². The quantitative estimate of drug-likeness (QED) is 0.819. The Balaban J connectivity index is 2.24. The lowest BCUT2D eigenvalue weighted by Crippen LogP contribution is -2.30. The molecule has 0 radical (unpaired) electrons. The number of carbonyl (C=O) groups is 2. The lowest BCUT2D eigenvalue weighted by molar-refractivity contribution is -0.139. The molecule has 0 bridgehead atoms. The van der Waals surface area contributed by atoms with Gasteiger partial charge in [0.25, 0.3) is 0 Å². The Labute approximate surface area is 105 Å². The van der Waals surface area contributed by atoms with Gasteiger partial charge < -0.3 is 5.73 Å². The number of hydrogen-bond donors (Lipinski definition) is 1. The molecular weight excluding hydrogens is 235 g/mol. The van der Waals surface area contributed by atoms with Crippen LogP contribution in [0.15, 0.2) is 18.2 Å². The smallest absolute Gasteiger partial charge is 0.232 e. The molecule has 1 aliphatic heterocycles. The van der Waals surface area contributed by atoms with E-state index in [0.29, 0.717) is 5.56 Å². The summed E-state index contributed by atoms with van der Waals surface area (Å²) in [6.07, 6.45) is 0.248. The summed E-state index contributed by atoms with van der Waals surface area (Å²) in [7, 11) is 0. The van der Waals surface area contributed by atoms with Gasteiger partial charge in [0.15, 0.2) is 0 Å². The number of rotatable bonds is 3. The largest absolute Gasteiger partial charge is 0.326 e. The van der Waals surface area contributed by atoms with E-state index >= 15 is 0 Å². The number of nitrogens with two attached hydrogens (primary N) is 1. The molecule has 1 atom stereocenters. The summed E-state index contributed by atoms with van der Waals surface area (Å²) in [5.74, 6) is -0.988. The Bertz CT molecular complexity index is 502. The highest BCUT2D eigenvalue weighted by atomic mass is 19.1. The number of hydrogen-bond acceptors (Lipinski definition) is 3. The van der Waals surface area contributed by atoms with E-state index in [2.05, 4.69) is 0 Å². The van der Waals surface area contributed by atoms with Gasteiger partial charge in [-0.15, -0.1) is 0 Å². The number of likely N-dealkylation sites (tertiary alicyclic amines) is 1. The molecule has 1 aromatic rings. The minimum atomic E-state index is -0.369. The molecule has 1 unspecified atom stereocenters. The number of halogens is 1. The molecule has 0 aromatic heterocycles. The van der Waals surface area contributed by atoms with Crippen LogP contribution in [0.2, 0.25) is 0 Å². The number of imide groups is 1. The van der Waals surface area contributed by atoms with Crippen molar-refractivity contribution >= 4 is 11.8 Å². The first-order chi connectivity index (χ1) is 8.52. The van der Waals surface area contributed by atoms with Crippen molar-refractivity contribution in [3.8, 4) is 0 Å². The fourth-order valence-corrected chi connectivity index (χ4v) is 2.12. The SMILES string of the molecule is CC1CC(=O)N(Cc2ccc(F)cc2CN)C1=O. The molecule has 1 heterocycles. The zero-order valence-electron chi connectivity index (χ0n) is 10.1. The van der Waals surface area contributed by atoms with Gasteiger partial charge in [0.2, 0.25) is 11.8 Å². The first kappa shape index (κ1) is 12.7. The molecule has 5 heteroatoms. The van der Waals surface area contributed by atoms with Crippen molar-refractivity contribution in [2.45, 2.75) is 26.4 Å². The summed E-state index contributed by atoms with van der Waals surface area (Å²) in [6, 6.07) is 4.22. The molecule has 2 rings (SSSR count). The lowest BCUT2D eigenvalue weighted by Gasteiger charge is -2.16. The van der Waals surface area contributed by atoms with Crippen molar-refractivity contribution in [3.05, 3.63) is 35.1 Å². The molecule has 96 valence electrons. The van der Waals surface area contributed by atoms with E-state index in [0.717, 1.165) is 5.56 Å². The van der Waals surface area contributed by atoms with Gasteiger partial charge >= 0.3 is 0 Å². The fourth-order valence-electron chi connectivity index (χ4n) is 2.12. The van der Waals surface area contributed by atoms with Gasteiger partial charge in [0.05, 0.1) is 6.54 Å². The molecule has 2 N–H and O–H groups in total. The molecule has 1 aromatic carbocycles. The van der Waals surface area contributed by atoms with Gasteiger partial charge in [0, 0.05) is 18.9 Å². The molecule has 4 nitrogen and oxygen atoms in total. The van der Waals surface area contributed by atoms with Crippen molar-refractivity contribution in [1.82, 2.24) is 4.90 Å². The summed E-state index contributed by atoms with van der Waals surface area (Å²) in [5, 5.41) is 0. The van der Waals surface area contributed by atoms with Crippen LogP contribution in [0.25, 0.3) is 0 Å². The molecule has 0 aliphatic carbocycles. The van der Waals surface area contributed by atoms with E-state index in [1.54, 1.807) is 13.0 Å². The molecule has 0 spiro atoms. The standard InChI is InChI=1S/C13H15FN2O2/c1-8-4-12(17)16(13(8)18)7-9-2-3-11(14)5-10(9)6-15/h2-3,5,8H,4,6-7,15H2,1H3. The Hall–Kier alpha value is -1.75. The minimum Gasteiger partial charge on any atom is -0.326 e. The average molecular weight is 250 g/mol. The first-order valence-corrected chi connectivity index (χ1v) is 5.84. The van der Waals surface area contributed by atoms with Crippen LogP contribution in [0.3, 0.4) is 0 Å². The normalized spacial score (nSPS) is 19.7. The Kier molecular flexibility index (Phi) is 3.43. The topological polar surface area (TPSA) is 63.4 Å². The average Bonchev–Trinajstić information content (AvgIpc) is 2.58. The molecule has 1 saturated heterocycles. The number of nitrogens with zero attached hydrogens (tertiary/aromatic N) is 1. The van der Waals surface area contributed by atoms with Crippen LogP contribution in [0, 0.1) is 11.7 Å². The molecule has 0 saturated carbocycles. The van der Waals surface area contributed by atoms with Crippen LogP contribution in [-0.4, -0.2) is 16.7 Å². The Morgan fingerprint density at radius 2 is 2.11 bits per heavy atom. The van der Waals surface area contributed by atoms with Crippen LogP contribution in [0.1, 0.15) is 24.5 Å². The lowest BCUT2D eigenvalue weighted by atomic mass is 10.1. The third kappa shape index (κ3) is 2.26. The van der Waals surface area contributed by atoms with Crippen LogP contribution in [0.5, 0.6) is 0 Å². The van der Waals surface area contributed by atoms with Gasteiger partial charge in [-0.3, -0.25) is 14.5 Å². The zero-order chi connectivity index (χ0) is 13.3. The molecule has 2 amide bonds. The van der Waals surface area contributed by atoms with Crippen LogP contribution in [0.4, 0.5) is 4.39 Å². The maximum atomic E-state index is 13.1. The first-order valence-electron chi connectivity index (χ1n) is 5.84. The maximum absolute atomic E-state index is 13.1. The highest BCUT2D eigenvalue weighted by Gasteiger charge is 2.35. The van der Waals surface area contributed by atoms with E-state index in [1.807, 2.05) is 0 Å². The molecule has 1 fully saturated rings. The summed E-state index contributed by atoms with van der Waals surface area (Å²) < 4.78 is 13.1. The Morgan fingerprint density at radius 1 is 1.39 bits per heavy atom. The van der Waals surface area contributed by atoms with E-state index in [4.69, 9.17) is 5.73 Å². The minimum absolute atomic E-state index is 0.174. The van der Waals surface area contributed by atoms with Crippen LogP contribution < -0.4 is 5.73 Å². The van der Waals surface area contributed by atoms with Gasteiger partial charge in [-0.1, -0.05) is 13.0 Å². The maximum Gasteiger partial charge on any atom is 0.232 e. The number of amides is 2. The number of benzene rings is 1.